The molecule has 0 amide bonds. The Morgan fingerprint density at radius 1 is 0.824 bits per heavy atom. The standard InChI is InChI=1S/C27H29NO6/c1-31-24-11-10-20(17-23(24)30)22(29)12-13-28-21-7-5-6-18(14-21)8-9-19-15-25(32-2)27(34-4)26(16-19)33-3/h5-7,10-17,28,30H,8-9H2,1-4H3/b13-12-. The van der Waals surface area contributed by atoms with Crippen LogP contribution < -0.4 is 24.3 Å². The monoisotopic (exact) mass is 463 g/mol. The average Bonchev–Trinajstić information content (AvgIpc) is 2.86. The lowest BCUT2D eigenvalue weighted by Gasteiger charge is -2.14. The van der Waals surface area contributed by atoms with Gasteiger partial charge < -0.3 is 29.4 Å². The zero-order valence-corrected chi connectivity index (χ0v) is 19.8. The van der Waals surface area contributed by atoms with Crippen molar-refractivity contribution in [3.05, 3.63) is 83.6 Å². The van der Waals surface area contributed by atoms with Crippen molar-refractivity contribution >= 4 is 11.5 Å². The van der Waals surface area contributed by atoms with Gasteiger partial charge in [0.15, 0.2) is 28.8 Å². The quantitative estimate of drug-likeness (QED) is 0.305. The fraction of sp³-hybridized carbons (Fsp3) is 0.222. The first-order valence-electron chi connectivity index (χ1n) is 10.7. The summed E-state index contributed by atoms with van der Waals surface area (Å²) in [6.07, 6.45) is 4.60. The van der Waals surface area contributed by atoms with Crippen LogP contribution in [0.5, 0.6) is 28.7 Å². The van der Waals surface area contributed by atoms with Crippen LogP contribution in [0.2, 0.25) is 0 Å². The second-order valence-corrected chi connectivity index (χ2v) is 7.46. The number of rotatable bonds is 11. The SMILES string of the molecule is COc1ccc(C(=O)/C=C\Nc2cccc(CCc3cc(OC)c(OC)c(OC)c3)c2)cc1O. The maximum absolute atomic E-state index is 12.4. The third kappa shape index (κ3) is 6.01. The summed E-state index contributed by atoms with van der Waals surface area (Å²) < 4.78 is 21.3. The minimum absolute atomic E-state index is 0.0745. The zero-order chi connectivity index (χ0) is 24.5. The lowest BCUT2D eigenvalue weighted by atomic mass is 10.0. The second kappa shape index (κ2) is 11.7. The van der Waals surface area contributed by atoms with Crippen LogP contribution >= 0.6 is 0 Å². The molecule has 0 aromatic heterocycles. The number of anilines is 1. The number of allylic oxidation sites excluding steroid dienone is 1. The predicted molar refractivity (Wildman–Crippen MR) is 132 cm³/mol. The first-order chi connectivity index (χ1) is 16.5. The molecule has 34 heavy (non-hydrogen) atoms. The maximum Gasteiger partial charge on any atom is 0.203 e. The fourth-order valence-electron chi connectivity index (χ4n) is 3.54. The van der Waals surface area contributed by atoms with Crippen LogP contribution in [-0.2, 0) is 12.8 Å². The minimum Gasteiger partial charge on any atom is -0.504 e. The normalized spacial score (nSPS) is 10.7. The van der Waals surface area contributed by atoms with Gasteiger partial charge in [-0.25, -0.2) is 0 Å². The van der Waals surface area contributed by atoms with E-state index in [4.69, 9.17) is 18.9 Å². The van der Waals surface area contributed by atoms with Crippen molar-refractivity contribution in [1.29, 1.82) is 0 Å². The predicted octanol–water partition coefficient (Wildman–Crippen LogP) is 5.02. The third-order valence-electron chi connectivity index (χ3n) is 5.30. The highest BCUT2D eigenvalue weighted by Gasteiger charge is 2.13. The van der Waals surface area contributed by atoms with Gasteiger partial charge in [-0.15, -0.1) is 0 Å². The Bertz CT molecular complexity index is 1150. The number of aromatic hydroxyl groups is 1. The third-order valence-corrected chi connectivity index (χ3v) is 5.30. The van der Waals surface area contributed by atoms with E-state index in [-0.39, 0.29) is 11.5 Å². The molecule has 0 unspecified atom stereocenters. The molecule has 0 bridgehead atoms. The Labute approximate surface area is 199 Å². The van der Waals surface area contributed by atoms with Crippen molar-refractivity contribution in [3.63, 3.8) is 0 Å². The van der Waals surface area contributed by atoms with Crippen LogP contribution in [0.1, 0.15) is 21.5 Å². The second-order valence-electron chi connectivity index (χ2n) is 7.46. The molecule has 0 aliphatic carbocycles. The van der Waals surface area contributed by atoms with Gasteiger partial charge in [0, 0.05) is 23.5 Å². The molecule has 0 atom stereocenters. The largest absolute Gasteiger partial charge is 0.504 e. The van der Waals surface area contributed by atoms with Gasteiger partial charge in [0.1, 0.15) is 0 Å². The van der Waals surface area contributed by atoms with Gasteiger partial charge in [-0.2, -0.15) is 0 Å². The highest BCUT2D eigenvalue weighted by Crippen LogP contribution is 2.38. The van der Waals surface area contributed by atoms with Crippen molar-refractivity contribution in [2.45, 2.75) is 12.8 Å². The summed E-state index contributed by atoms with van der Waals surface area (Å²) in [6, 6.07) is 16.4. The summed E-state index contributed by atoms with van der Waals surface area (Å²) in [5, 5.41) is 13.0. The number of phenolic OH excluding ortho intramolecular Hbond substituents is 1. The minimum atomic E-state index is -0.232. The molecule has 2 N–H and O–H groups in total. The van der Waals surface area contributed by atoms with Crippen molar-refractivity contribution < 1.29 is 28.8 Å². The average molecular weight is 464 g/mol. The van der Waals surface area contributed by atoms with Gasteiger partial charge in [0.05, 0.1) is 28.4 Å². The number of aryl methyl sites for hydroxylation is 2. The number of phenols is 1. The molecule has 7 nitrogen and oxygen atoms in total. The fourth-order valence-corrected chi connectivity index (χ4v) is 3.54. The summed E-state index contributed by atoms with van der Waals surface area (Å²) in [4.78, 5) is 12.4. The van der Waals surface area contributed by atoms with E-state index >= 15 is 0 Å². The summed E-state index contributed by atoms with van der Waals surface area (Å²) in [5.74, 6) is 1.85. The summed E-state index contributed by atoms with van der Waals surface area (Å²) in [6.45, 7) is 0. The Hall–Kier alpha value is -4.13. The van der Waals surface area contributed by atoms with E-state index in [2.05, 4.69) is 11.4 Å². The van der Waals surface area contributed by atoms with E-state index < -0.39 is 0 Å². The molecule has 0 radical (unpaired) electrons. The highest BCUT2D eigenvalue weighted by molar-refractivity contribution is 6.05. The molecule has 3 aromatic rings. The lowest BCUT2D eigenvalue weighted by molar-refractivity contribution is 0.104. The summed E-state index contributed by atoms with van der Waals surface area (Å²) >= 11 is 0. The van der Waals surface area contributed by atoms with Gasteiger partial charge in [-0.1, -0.05) is 12.1 Å². The molecular weight excluding hydrogens is 434 g/mol. The van der Waals surface area contributed by atoms with Crippen LogP contribution in [0.15, 0.2) is 66.9 Å². The molecule has 0 aliphatic heterocycles. The number of benzene rings is 3. The lowest BCUT2D eigenvalue weighted by Crippen LogP contribution is -1.99. The smallest absolute Gasteiger partial charge is 0.203 e. The van der Waals surface area contributed by atoms with Crippen LogP contribution in [0.4, 0.5) is 5.69 Å². The van der Waals surface area contributed by atoms with E-state index in [9.17, 15) is 9.90 Å². The Morgan fingerprint density at radius 2 is 1.50 bits per heavy atom. The van der Waals surface area contributed by atoms with Gasteiger partial charge >= 0.3 is 0 Å². The van der Waals surface area contributed by atoms with Gasteiger partial charge in [0.2, 0.25) is 5.75 Å². The summed E-state index contributed by atoms with van der Waals surface area (Å²) in [7, 11) is 6.25. The number of hydrogen-bond acceptors (Lipinski definition) is 7. The van der Waals surface area contributed by atoms with Crippen LogP contribution in [0, 0.1) is 0 Å². The van der Waals surface area contributed by atoms with E-state index in [1.165, 1.54) is 19.3 Å². The Morgan fingerprint density at radius 3 is 2.12 bits per heavy atom. The van der Waals surface area contributed by atoms with Crippen molar-refractivity contribution in [2.75, 3.05) is 33.8 Å². The number of methoxy groups -OCH3 is 4. The molecule has 3 aromatic carbocycles. The number of carbonyl (C=O) groups is 1. The Balaban J connectivity index is 1.63. The topological polar surface area (TPSA) is 86.3 Å². The van der Waals surface area contributed by atoms with E-state index in [1.807, 2.05) is 30.3 Å². The van der Waals surface area contributed by atoms with Gasteiger partial charge in [-0.3, -0.25) is 4.79 Å². The van der Waals surface area contributed by atoms with Crippen LogP contribution in [0.3, 0.4) is 0 Å². The molecule has 0 saturated carbocycles. The number of hydrogen-bond donors (Lipinski definition) is 2. The maximum atomic E-state index is 12.4. The van der Waals surface area contributed by atoms with E-state index in [1.54, 1.807) is 39.7 Å². The number of ketones is 1. The van der Waals surface area contributed by atoms with Crippen molar-refractivity contribution in [1.82, 2.24) is 0 Å². The number of carbonyl (C=O) groups excluding carboxylic acids is 1. The highest BCUT2D eigenvalue weighted by atomic mass is 16.5. The first-order valence-corrected chi connectivity index (χ1v) is 10.7. The molecule has 0 saturated heterocycles. The molecular formula is C27H29NO6. The molecule has 0 heterocycles. The molecule has 0 fully saturated rings. The molecule has 7 heteroatoms. The molecule has 3 rings (SSSR count). The van der Waals surface area contributed by atoms with Crippen LogP contribution in [-0.4, -0.2) is 39.3 Å². The molecule has 178 valence electrons. The summed E-state index contributed by atoms with van der Waals surface area (Å²) in [5.41, 5.74) is 3.44. The van der Waals surface area contributed by atoms with E-state index in [0.717, 1.165) is 29.7 Å². The van der Waals surface area contributed by atoms with Gasteiger partial charge in [-0.05, 0) is 66.4 Å². The molecule has 0 spiro atoms. The number of ether oxygens (including phenoxy) is 4. The first kappa shape index (κ1) is 24.5. The van der Waals surface area contributed by atoms with Crippen molar-refractivity contribution in [3.8, 4) is 28.7 Å². The van der Waals surface area contributed by atoms with Crippen LogP contribution in [0.25, 0.3) is 0 Å². The Kier molecular flexibility index (Phi) is 8.40. The zero-order valence-electron chi connectivity index (χ0n) is 19.8. The van der Waals surface area contributed by atoms with Crippen molar-refractivity contribution in [2.24, 2.45) is 0 Å². The molecule has 0 aliphatic rings. The van der Waals surface area contributed by atoms with E-state index in [0.29, 0.717) is 28.6 Å². The van der Waals surface area contributed by atoms with Gasteiger partial charge in [0.25, 0.3) is 0 Å². The number of nitrogens with one attached hydrogen (secondary N) is 1.